The number of imidazole rings is 1. The third kappa shape index (κ3) is 1.83. The number of fused-ring (bicyclic) bond motifs is 1. The molecule has 0 unspecified atom stereocenters. The number of aromatic nitrogens is 2. The number of aromatic amines is 1. The molecule has 0 spiro atoms. The molecule has 0 radical (unpaired) electrons. The molecule has 17 heavy (non-hydrogen) atoms. The van der Waals surface area contributed by atoms with Crippen molar-refractivity contribution in [3.05, 3.63) is 27.5 Å². The van der Waals surface area contributed by atoms with Crippen molar-refractivity contribution < 1.29 is 22.0 Å². The van der Waals surface area contributed by atoms with Crippen LogP contribution < -0.4 is 0 Å². The van der Waals surface area contributed by atoms with Crippen LogP contribution in [-0.2, 0) is 6.18 Å². The predicted molar refractivity (Wildman–Crippen MR) is 51.0 cm³/mol. The fourth-order valence-corrected chi connectivity index (χ4v) is 1.70. The van der Waals surface area contributed by atoms with Gasteiger partial charge in [-0.2, -0.15) is 13.2 Å². The van der Waals surface area contributed by atoms with Crippen LogP contribution in [0.2, 0.25) is 10.0 Å². The average Bonchev–Trinajstić information content (AvgIpc) is 2.67. The first-order chi connectivity index (χ1) is 7.73. The molecule has 2 rings (SSSR count). The maximum atomic E-state index is 13.4. The Labute approximate surface area is 100 Å². The molecule has 0 saturated heterocycles. The van der Waals surface area contributed by atoms with Crippen LogP contribution in [0.25, 0.3) is 11.0 Å². The van der Waals surface area contributed by atoms with Gasteiger partial charge >= 0.3 is 6.18 Å². The summed E-state index contributed by atoms with van der Waals surface area (Å²) in [4.78, 5) is 4.66. The summed E-state index contributed by atoms with van der Waals surface area (Å²) in [6, 6.07) is 0. The molecule has 0 aliphatic heterocycles. The summed E-state index contributed by atoms with van der Waals surface area (Å²) < 4.78 is 63.5. The van der Waals surface area contributed by atoms with E-state index in [4.69, 9.17) is 23.2 Å². The van der Waals surface area contributed by atoms with Crippen LogP contribution in [-0.4, -0.2) is 9.97 Å². The smallest absolute Gasteiger partial charge is 0.333 e. The van der Waals surface area contributed by atoms with Gasteiger partial charge in [0.15, 0.2) is 11.6 Å². The van der Waals surface area contributed by atoms with Gasteiger partial charge in [-0.05, 0) is 0 Å². The summed E-state index contributed by atoms with van der Waals surface area (Å²) >= 11 is 10.6. The molecule has 0 bridgehead atoms. The zero-order valence-corrected chi connectivity index (χ0v) is 9.10. The minimum Gasteiger partial charge on any atom is -0.333 e. The highest BCUT2D eigenvalue weighted by atomic mass is 35.5. The Morgan fingerprint density at radius 1 is 1.00 bits per heavy atom. The monoisotopic (exact) mass is 290 g/mol. The lowest BCUT2D eigenvalue weighted by atomic mass is 10.3. The fraction of sp³-hybridized carbons (Fsp3) is 0.125. The molecule has 0 saturated carbocycles. The zero-order valence-electron chi connectivity index (χ0n) is 7.59. The van der Waals surface area contributed by atoms with Crippen LogP contribution >= 0.6 is 23.2 Å². The van der Waals surface area contributed by atoms with Crippen LogP contribution in [0.3, 0.4) is 0 Å². The molecule has 92 valence electrons. The van der Waals surface area contributed by atoms with Gasteiger partial charge in [0.2, 0.25) is 5.82 Å². The van der Waals surface area contributed by atoms with Crippen LogP contribution in [0.15, 0.2) is 0 Å². The molecule has 0 aliphatic carbocycles. The number of benzene rings is 1. The molecule has 0 fully saturated rings. The normalized spacial score (nSPS) is 12.4. The van der Waals surface area contributed by atoms with E-state index in [9.17, 15) is 22.0 Å². The maximum Gasteiger partial charge on any atom is 0.449 e. The van der Waals surface area contributed by atoms with E-state index < -0.39 is 44.7 Å². The molecule has 9 heteroatoms. The molecule has 1 aromatic heterocycles. The van der Waals surface area contributed by atoms with Crippen LogP contribution in [0, 0.1) is 11.6 Å². The first-order valence-electron chi connectivity index (χ1n) is 4.02. The van der Waals surface area contributed by atoms with Crippen LogP contribution in [0.1, 0.15) is 5.82 Å². The summed E-state index contributed by atoms with van der Waals surface area (Å²) in [6.07, 6.45) is -4.82. The van der Waals surface area contributed by atoms with Crippen molar-refractivity contribution >= 4 is 34.2 Å². The van der Waals surface area contributed by atoms with Gasteiger partial charge in [-0.25, -0.2) is 13.8 Å². The second kappa shape index (κ2) is 3.71. The number of nitrogens with one attached hydrogen (secondary N) is 1. The molecule has 0 atom stereocenters. The Morgan fingerprint density at radius 3 is 2.12 bits per heavy atom. The summed E-state index contributed by atoms with van der Waals surface area (Å²) in [7, 11) is 0. The number of hydrogen-bond acceptors (Lipinski definition) is 1. The van der Waals surface area contributed by atoms with Crippen molar-refractivity contribution in [3.8, 4) is 0 Å². The lowest BCUT2D eigenvalue weighted by Crippen LogP contribution is -2.06. The largest absolute Gasteiger partial charge is 0.449 e. The number of halogens is 7. The van der Waals surface area contributed by atoms with Gasteiger partial charge in [0.25, 0.3) is 0 Å². The summed E-state index contributed by atoms with van der Waals surface area (Å²) in [5, 5.41) is -1.74. The Bertz CT molecular complexity index is 559. The van der Waals surface area contributed by atoms with Crippen molar-refractivity contribution in [1.29, 1.82) is 0 Å². The topological polar surface area (TPSA) is 28.7 Å². The van der Waals surface area contributed by atoms with Gasteiger partial charge in [-0.15, -0.1) is 0 Å². The van der Waals surface area contributed by atoms with Crippen LogP contribution in [0.5, 0.6) is 0 Å². The molecule has 0 aliphatic rings. The third-order valence-corrected chi connectivity index (χ3v) is 2.66. The highest BCUT2D eigenvalue weighted by Crippen LogP contribution is 2.36. The van der Waals surface area contributed by atoms with Crippen molar-refractivity contribution in [2.24, 2.45) is 0 Å². The van der Waals surface area contributed by atoms with Crippen molar-refractivity contribution in [2.45, 2.75) is 6.18 Å². The van der Waals surface area contributed by atoms with Crippen molar-refractivity contribution in [1.82, 2.24) is 9.97 Å². The van der Waals surface area contributed by atoms with E-state index in [2.05, 4.69) is 4.98 Å². The van der Waals surface area contributed by atoms with E-state index >= 15 is 0 Å². The van der Waals surface area contributed by atoms with Crippen molar-refractivity contribution in [2.75, 3.05) is 0 Å². The Hall–Kier alpha value is -1.08. The standard InChI is InChI=1S/C8HCl2F5N2/c9-1-3(11)2(10)5-6(4(1)12)17-7(16-5)8(13,14)15/h(H,16,17). The summed E-state index contributed by atoms with van der Waals surface area (Å²) in [6.45, 7) is 0. The minimum atomic E-state index is -4.82. The fourth-order valence-electron chi connectivity index (χ4n) is 1.23. The van der Waals surface area contributed by atoms with Crippen molar-refractivity contribution in [3.63, 3.8) is 0 Å². The highest BCUT2D eigenvalue weighted by Gasteiger charge is 2.36. The van der Waals surface area contributed by atoms with E-state index in [0.29, 0.717) is 0 Å². The molecule has 1 heterocycles. The van der Waals surface area contributed by atoms with Crippen LogP contribution in [0.4, 0.5) is 22.0 Å². The Kier molecular flexibility index (Phi) is 2.70. The number of alkyl halides is 3. The second-order valence-corrected chi connectivity index (χ2v) is 3.82. The second-order valence-electron chi connectivity index (χ2n) is 3.06. The quantitative estimate of drug-likeness (QED) is 0.440. The first-order valence-corrected chi connectivity index (χ1v) is 4.78. The maximum absolute atomic E-state index is 13.4. The first kappa shape index (κ1) is 12.4. The van der Waals surface area contributed by atoms with E-state index in [1.54, 1.807) is 4.98 Å². The van der Waals surface area contributed by atoms with Gasteiger partial charge in [0.05, 0.1) is 5.52 Å². The minimum absolute atomic E-state index is 0.585. The van der Waals surface area contributed by atoms with Gasteiger partial charge in [0, 0.05) is 0 Å². The Balaban J connectivity index is 2.86. The lowest BCUT2D eigenvalue weighted by Gasteiger charge is -2.00. The average molecular weight is 291 g/mol. The molecule has 1 aromatic carbocycles. The number of rotatable bonds is 0. The third-order valence-electron chi connectivity index (χ3n) is 1.98. The molecule has 2 nitrogen and oxygen atoms in total. The van der Waals surface area contributed by atoms with Gasteiger partial charge in [0.1, 0.15) is 15.6 Å². The number of nitrogens with zero attached hydrogens (tertiary/aromatic N) is 1. The van der Waals surface area contributed by atoms with Gasteiger partial charge < -0.3 is 4.98 Å². The summed E-state index contributed by atoms with van der Waals surface area (Å²) in [5.41, 5.74) is -1.34. The van der Waals surface area contributed by atoms with Gasteiger partial charge in [-0.3, -0.25) is 0 Å². The Morgan fingerprint density at radius 2 is 1.59 bits per heavy atom. The molecule has 1 N–H and O–H groups in total. The number of hydrogen-bond donors (Lipinski definition) is 1. The SMILES string of the molecule is Fc1c(Cl)c(F)c2nc(C(F)(F)F)[nH]c2c1Cl. The lowest BCUT2D eigenvalue weighted by molar-refractivity contribution is -0.144. The van der Waals surface area contributed by atoms with E-state index in [1.165, 1.54) is 0 Å². The molecular weight excluding hydrogens is 290 g/mol. The highest BCUT2D eigenvalue weighted by molar-refractivity contribution is 6.38. The van der Waals surface area contributed by atoms with Gasteiger partial charge in [-0.1, -0.05) is 23.2 Å². The zero-order chi connectivity index (χ0) is 13.0. The van der Waals surface area contributed by atoms with E-state index in [-0.39, 0.29) is 0 Å². The summed E-state index contributed by atoms with van der Waals surface area (Å²) in [5.74, 6) is -4.21. The predicted octanol–water partition coefficient (Wildman–Crippen LogP) is 4.17. The number of H-pyrrole nitrogens is 1. The van der Waals surface area contributed by atoms with E-state index in [0.717, 1.165) is 0 Å². The molecular formula is C8HCl2F5N2. The molecule has 0 amide bonds. The van der Waals surface area contributed by atoms with E-state index in [1.807, 2.05) is 0 Å². The molecule has 2 aromatic rings.